The average Bonchev–Trinajstić information content (AvgIpc) is 2.76. The molecule has 3 fully saturated rings. The largest absolute Gasteiger partial charge is 0.393 e. The number of allylic oxidation sites excluding steroid dienone is 1. The molecule has 4 rings (SSSR count). The maximum Gasteiger partial charge on any atom is 0.0577 e. The van der Waals surface area contributed by atoms with Crippen LogP contribution in [0.15, 0.2) is 11.6 Å². The number of nitrogens with two attached hydrogens (primary N) is 1. The third-order valence-corrected chi connectivity index (χ3v) is 8.15. The summed E-state index contributed by atoms with van der Waals surface area (Å²) < 4.78 is 0. The van der Waals surface area contributed by atoms with Gasteiger partial charge in [0.1, 0.15) is 0 Å². The molecule has 0 saturated heterocycles. The molecule has 0 heterocycles. The van der Waals surface area contributed by atoms with Crippen LogP contribution in [0.1, 0.15) is 65.2 Å². The second kappa shape index (κ2) is 4.58. The molecule has 0 unspecified atom stereocenters. The highest BCUT2D eigenvalue weighted by molar-refractivity contribution is 5.25. The molecular weight excluding hydrogens is 258 g/mol. The number of hydrogen-bond donors (Lipinski definition) is 2. The van der Waals surface area contributed by atoms with Crippen LogP contribution >= 0.6 is 0 Å². The Labute approximate surface area is 129 Å². The van der Waals surface area contributed by atoms with Gasteiger partial charge in [0.15, 0.2) is 0 Å². The molecule has 3 N–H and O–H groups in total. The minimum Gasteiger partial charge on any atom is -0.393 e. The fourth-order valence-electron chi connectivity index (χ4n) is 6.68. The lowest BCUT2D eigenvalue weighted by atomic mass is 9.48. The molecule has 118 valence electrons. The lowest BCUT2D eigenvalue weighted by molar-refractivity contribution is -0.0401. The average molecular weight is 289 g/mol. The zero-order chi connectivity index (χ0) is 14.8. The quantitative estimate of drug-likeness (QED) is 0.669. The van der Waals surface area contributed by atoms with Crippen molar-refractivity contribution in [2.24, 2.45) is 34.3 Å². The summed E-state index contributed by atoms with van der Waals surface area (Å²) in [4.78, 5) is 0. The molecular formula is C19H31NO. The minimum absolute atomic E-state index is 0.0883. The summed E-state index contributed by atoms with van der Waals surface area (Å²) in [5.41, 5.74) is 8.83. The van der Waals surface area contributed by atoms with Crippen molar-refractivity contribution in [3.8, 4) is 0 Å². The highest BCUT2D eigenvalue weighted by Crippen LogP contribution is 2.64. The first-order valence-electron chi connectivity index (χ1n) is 9.08. The summed E-state index contributed by atoms with van der Waals surface area (Å²) in [7, 11) is 0. The Bertz CT molecular complexity index is 472. The summed E-state index contributed by atoms with van der Waals surface area (Å²) in [6.45, 7) is 4.97. The van der Waals surface area contributed by atoms with Gasteiger partial charge < -0.3 is 10.8 Å². The van der Waals surface area contributed by atoms with Gasteiger partial charge in [-0.2, -0.15) is 0 Å². The second-order valence-electron chi connectivity index (χ2n) is 8.88. The van der Waals surface area contributed by atoms with Crippen LogP contribution < -0.4 is 5.73 Å². The standard InChI is InChI=1S/C19H31NO/c1-18-9-7-13(21)11-12(18)3-4-14-15-5-6-17(20)19(15,2)10-8-16(14)18/h3,13-17,21H,4-11,20H2,1-2H3/t13-,14+,15-,16+,17-,18-,19+/m0/s1. The third kappa shape index (κ3) is 1.84. The van der Waals surface area contributed by atoms with Crippen molar-refractivity contribution in [2.75, 3.05) is 0 Å². The van der Waals surface area contributed by atoms with E-state index in [0.717, 1.165) is 30.6 Å². The van der Waals surface area contributed by atoms with E-state index in [1.54, 1.807) is 5.57 Å². The van der Waals surface area contributed by atoms with Gasteiger partial charge in [-0.25, -0.2) is 0 Å². The van der Waals surface area contributed by atoms with Crippen molar-refractivity contribution < 1.29 is 5.11 Å². The maximum atomic E-state index is 10.0. The Hall–Kier alpha value is -0.340. The molecule has 0 bridgehead atoms. The molecule has 4 aliphatic rings. The predicted octanol–water partition coefficient (Wildman–Crippen LogP) is 3.64. The van der Waals surface area contributed by atoms with Crippen LogP contribution in [0.4, 0.5) is 0 Å². The smallest absolute Gasteiger partial charge is 0.0577 e. The van der Waals surface area contributed by atoms with Crippen LogP contribution in [0.3, 0.4) is 0 Å². The maximum absolute atomic E-state index is 10.0. The molecule has 3 saturated carbocycles. The minimum atomic E-state index is -0.0883. The van der Waals surface area contributed by atoms with Crippen LogP contribution in [0.5, 0.6) is 0 Å². The monoisotopic (exact) mass is 289 g/mol. The second-order valence-corrected chi connectivity index (χ2v) is 8.88. The number of rotatable bonds is 0. The zero-order valence-electron chi connectivity index (χ0n) is 13.6. The molecule has 21 heavy (non-hydrogen) atoms. The third-order valence-electron chi connectivity index (χ3n) is 8.15. The summed E-state index contributed by atoms with van der Waals surface area (Å²) in [6, 6.07) is 0.426. The highest BCUT2D eigenvalue weighted by Gasteiger charge is 2.57. The van der Waals surface area contributed by atoms with E-state index in [1.165, 1.54) is 38.5 Å². The molecule has 0 aliphatic heterocycles. The fourth-order valence-corrected chi connectivity index (χ4v) is 6.68. The molecule has 0 spiro atoms. The SMILES string of the molecule is C[C@@]12CC[C@@H]3[C@H](CC=C4C[C@@H](O)CC[C@@]43C)[C@@H]1CC[C@@H]2N. The van der Waals surface area contributed by atoms with Gasteiger partial charge in [-0.1, -0.05) is 25.5 Å². The number of fused-ring (bicyclic) bond motifs is 5. The van der Waals surface area contributed by atoms with E-state index in [0.29, 0.717) is 16.9 Å². The van der Waals surface area contributed by atoms with Crippen LogP contribution in [-0.4, -0.2) is 17.3 Å². The van der Waals surface area contributed by atoms with Gasteiger partial charge in [0.2, 0.25) is 0 Å². The van der Waals surface area contributed by atoms with Gasteiger partial charge in [-0.3, -0.25) is 0 Å². The fraction of sp³-hybridized carbons (Fsp3) is 0.895. The first kappa shape index (κ1) is 14.3. The summed E-state index contributed by atoms with van der Waals surface area (Å²) >= 11 is 0. The first-order valence-corrected chi connectivity index (χ1v) is 9.08. The lowest BCUT2D eigenvalue weighted by Gasteiger charge is -2.57. The zero-order valence-corrected chi connectivity index (χ0v) is 13.6. The van der Waals surface area contributed by atoms with Gasteiger partial charge in [0.25, 0.3) is 0 Å². The normalized spacial score (nSPS) is 56.2. The van der Waals surface area contributed by atoms with Crippen molar-refractivity contribution in [2.45, 2.75) is 77.4 Å². The van der Waals surface area contributed by atoms with Crippen LogP contribution in [0, 0.1) is 28.6 Å². The van der Waals surface area contributed by atoms with Crippen molar-refractivity contribution >= 4 is 0 Å². The Morgan fingerprint density at radius 2 is 1.90 bits per heavy atom. The Kier molecular flexibility index (Phi) is 3.11. The molecule has 2 heteroatoms. The Balaban J connectivity index is 1.68. The molecule has 4 aliphatic carbocycles. The van der Waals surface area contributed by atoms with Crippen LogP contribution in [0.25, 0.3) is 0 Å². The van der Waals surface area contributed by atoms with Crippen molar-refractivity contribution in [1.82, 2.24) is 0 Å². The molecule has 0 amide bonds. The van der Waals surface area contributed by atoms with Crippen molar-refractivity contribution in [3.05, 3.63) is 11.6 Å². The molecule has 0 aromatic rings. The highest BCUT2D eigenvalue weighted by atomic mass is 16.3. The van der Waals surface area contributed by atoms with Gasteiger partial charge in [0, 0.05) is 6.04 Å². The van der Waals surface area contributed by atoms with E-state index in [9.17, 15) is 5.11 Å². The van der Waals surface area contributed by atoms with Crippen molar-refractivity contribution in [1.29, 1.82) is 0 Å². The van der Waals surface area contributed by atoms with Gasteiger partial charge in [-0.05, 0) is 80.0 Å². The molecule has 0 aromatic carbocycles. The van der Waals surface area contributed by atoms with E-state index in [1.807, 2.05) is 0 Å². The van der Waals surface area contributed by atoms with E-state index in [2.05, 4.69) is 19.9 Å². The van der Waals surface area contributed by atoms with Gasteiger partial charge in [-0.15, -0.1) is 0 Å². The summed E-state index contributed by atoms with van der Waals surface area (Å²) in [5, 5.41) is 10.0. The lowest BCUT2D eigenvalue weighted by Crippen LogP contribution is -2.52. The Morgan fingerprint density at radius 3 is 2.71 bits per heavy atom. The van der Waals surface area contributed by atoms with Crippen LogP contribution in [-0.2, 0) is 0 Å². The summed E-state index contributed by atoms with van der Waals surface area (Å²) in [6.07, 6.45) is 12.1. The topological polar surface area (TPSA) is 46.2 Å². The Morgan fingerprint density at radius 1 is 1.10 bits per heavy atom. The molecule has 0 radical (unpaired) electrons. The predicted molar refractivity (Wildman–Crippen MR) is 85.7 cm³/mol. The number of aliphatic hydroxyl groups is 1. The van der Waals surface area contributed by atoms with E-state index >= 15 is 0 Å². The summed E-state index contributed by atoms with van der Waals surface area (Å²) in [5.74, 6) is 2.53. The van der Waals surface area contributed by atoms with Gasteiger partial charge >= 0.3 is 0 Å². The van der Waals surface area contributed by atoms with E-state index in [-0.39, 0.29) is 6.10 Å². The molecule has 2 nitrogen and oxygen atoms in total. The van der Waals surface area contributed by atoms with E-state index in [4.69, 9.17) is 5.73 Å². The first-order chi connectivity index (χ1) is 9.95. The van der Waals surface area contributed by atoms with Gasteiger partial charge in [0.05, 0.1) is 6.10 Å². The van der Waals surface area contributed by atoms with Crippen molar-refractivity contribution in [3.63, 3.8) is 0 Å². The number of hydrogen-bond acceptors (Lipinski definition) is 2. The number of aliphatic hydroxyl groups excluding tert-OH is 1. The van der Waals surface area contributed by atoms with Crippen LogP contribution in [0.2, 0.25) is 0 Å². The van der Waals surface area contributed by atoms with E-state index < -0.39 is 0 Å². The molecule has 0 aromatic heterocycles. The molecule has 7 atom stereocenters.